The van der Waals surface area contributed by atoms with Crippen LogP contribution in [-0.2, 0) is 0 Å². The minimum Gasteiger partial charge on any atom is -0.325 e. The van der Waals surface area contributed by atoms with Crippen LogP contribution in [0.1, 0.15) is 20.8 Å². The van der Waals surface area contributed by atoms with E-state index >= 15 is 0 Å². The molecule has 1 aliphatic heterocycles. The summed E-state index contributed by atoms with van der Waals surface area (Å²) in [7, 11) is 0. The van der Waals surface area contributed by atoms with E-state index in [9.17, 15) is 0 Å². The van der Waals surface area contributed by atoms with Crippen molar-refractivity contribution in [3.05, 3.63) is 0 Å². The standard InChI is InChI=1S/C10H23N3/c1-4-12-5-6-13(9(2)3)8-10(11)7-12/h9-10H,4-8,11H2,1-3H3. The van der Waals surface area contributed by atoms with Crippen molar-refractivity contribution in [2.24, 2.45) is 5.73 Å². The summed E-state index contributed by atoms with van der Waals surface area (Å²) in [5.74, 6) is 0. The van der Waals surface area contributed by atoms with E-state index in [1.54, 1.807) is 0 Å². The molecule has 3 nitrogen and oxygen atoms in total. The van der Waals surface area contributed by atoms with Crippen molar-refractivity contribution >= 4 is 0 Å². The third-order valence-corrected chi connectivity index (χ3v) is 2.84. The molecule has 13 heavy (non-hydrogen) atoms. The van der Waals surface area contributed by atoms with E-state index in [-0.39, 0.29) is 0 Å². The lowest BCUT2D eigenvalue weighted by Crippen LogP contribution is -2.42. The molecule has 0 saturated carbocycles. The minimum atomic E-state index is 0.324. The number of rotatable bonds is 2. The van der Waals surface area contributed by atoms with Gasteiger partial charge in [0.25, 0.3) is 0 Å². The van der Waals surface area contributed by atoms with Gasteiger partial charge in [0.15, 0.2) is 0 Å². The molecule has 1 atom stereocenters. The second kappa shape index (κ2) is 4.94. The molecule has 78 valence electrons. The summed E-state index contributed by atoms with van der Waals surface area (Å²) in [4.78, 5) is 4.91. The van der Waals surface area contributed by atoms with E-state index in [1.165, 1.54) is 13.1 Å². The van der Waals surface area contributed by atoms with E-state index in [0.29, 0.717) is 12.1 Å². The Morgan fingerprint density at radius 1 is 1.31 bits per heavy atom. The maximum atomic E-state index is 6.05. The molecule has 1 fully saturated rings. The summed E-state index contributed by atoms with van der Waals surface area (Å²) in [5.41, 5.74) is 6.05. The minimum absolute atomic E-state index is 0.324. The Balaban J connectivity index is 2.47. The third kappa shape index (κ3) is 3.25. The maximum absolute atomic E-state index is 6.05. The van der Waals surface area contributed by atoms with Crippen LogP contribution in [0.15, 0.2) is 0 Å². The Morgan fingerprint density at radius 3 is 2.54 bits per heavy atom. The van der Waals surface area contributed by atoms with Crippen LogP contribution in [0.5, 0.6) is 0 Å². The van der Waals surface area contributed by atoms with Gasteiger partial charge in [-0.25, -0.2) is 0 Å². The highest BCUT2D eigenvalue weighted by molar-refractivity contribution is 4.79. The molecule has 1 unspecified atom stereocenters. The van der Waals surface area contributed by atoms with Gasteiger partial charge in [-0.05, 0) is 20.4 Å². The Kier molecular flexibility index (Phi) is 4.16. The van der Waals surface area contributed by atoms with Gasteiger partial charge in [-0.15, -0.1) is 0 Å². The Labute approximate surface area is 81.9 Å². The van der Waals surface area contributed by atoms with Gasteiger partial charge in [0.2, 0.25) is 0 Å². The van der Waals surface area contributed by atoms with Crippen molar-refractivity contribution in [3.8, 4) is 0 Å². The van der Waals surface area contributed by atoms with Gasteiger partial charge in [-0.2, -0.15) is 0 Å². The van der Waals surface area contributed by atoms with E-state index in [2.05, 4.69) is 30.6 Å². The zero-order valence-electron chi connectivity index (χ0n) is 9.16. The van der Waals surface area contributed by atoms with Gasteiger partial charge in [0, 0.05) is 38.3 Å². The number of likely N-dealkylation sites (N-methyl/N-ethyl adjacent to an activating group) is 1. The zero-order chi connectivity index (χ0) is 9.84. The summed E-state index contributed by atoms with van der Waals surface area (Å²) in [5, 5.41) is 0. The van der Waals surface area contributed by atoms with Gasteiger partial charge in [0.1, 0.15) is 0 Å². The van der Waals surface area contributed by atoms with Crippen LogP contribution in [0.25, 0.3) is 0 Å². The lowest BCUT2D eigenvalue weighted by atomic mass is 10.2. The highest BCUT2D eigenvalue weighted by Gasteiger charge is 2.20. The molecule has 0 amide bonds. The van der Waals surface area contributed by atoms with Crippen molar-refractivity contribution < 1.29 is 0 Å². The van der Waals surface area contributed by atoms with Crippen molar-refractivity contribution in [3.63, 3.8) is 0 Å². The van der Waals surface area contributed by atoms with Crippen LogP contribution in [0.4, 0.5) is 0 Å². The first-order valence-corrected chi connectivity index (χ1v) is 5.35. The summed E-state index contributed by atoms with van der Waals surface area (Å²) in [6.45, 7) is 12.3. The largest absolute Gasteiger partial charge is 0.325 e. The SMILES string of the molecule is CCN1CCN(C(C)C)CC(N)C1. The fourth-order valence-electron chi connectivity index (χ4n) is 1.90. The number of hydrogen-bond acceptors (Lipinski definition) is 3. The lowest BCUT2D eigenvalue weighted by molar-refractivity contribution is 0.220. The predicted molar refractivity (Wildman–Crippen MR) is 56.8 cm³/mol. The van der Waals surface area contributed by atoms with Crippen molar-refractivity contribution in [1.82, 2.24) is 9.80 Å². The van der Waals surface area contributed by atoms with E-state index in [4.69, 9.17) is 5.73 Å². The number of nitrogens with zero attached hydrogens (tertiary/aromatic N) is 2. The molecule has 1 rings (SSSR count). The van der Waals surface area contributed by atoms with Crippen molar-refractivity contribution in [2.45, 2.75) is 32.9 Å². The van der Waals surface area contributed by atoms with E-state index in [0.717, 1.165) is 19.6 Å². The van der Waals surface area contributed by atoms with Crippen LogP contribution in [0, 0.1) is 0 Å². The fourth-order valence-corrected chi connectivity index (χ4v) is 1.90. The molecular formula is C10H23N3. The molecule has 0 bridgehead atoms. The molecule has 0 radical (unpaired) electrons. The maximum Gasteiger partial charge on any atom is 0.0297 e. The quantitative estimate of drug-likeness (QED) is 0.674. The van der Waals surface area contributed by atoms with Gasteiger partial charge in [-0.3, -0.25) is 4.90 Å². The predicted octanol–water partition coefficient (Wildman–Crippen LogP) is 0.360. The van der Waals surface area contributed by atoms with E-state index in [1.807, 2.05) is 0 Å². The average molecular weight is 185 g/mol. The molecule has 0 aromatic carbocycles. The topological polar surface area (TPSA) is 32.5 Å². The van der Waals surface area contributed by atoms with Gasteiger partial charge in [0.05, 0.1) is 0 Å². The van der Waals surface area contributed by atoms with Gasteiger partial charge >= 0.3 is 0 Å². The Hall–Kier alpha value is -0.120. The first-order valence-electron chi connectivity index (χ1n) is 5.35. The Bertz CT molecular complexity index is 147. The smallest absolute Gasteiger partial charge is 0.0297 e. The summed E-state index contributed by atoms with van der Waals surface area (Å²) >= 11 is 0. The molecule has 1 heterocycles. The Morgan fingerprint density at radius 2 is 2.00 bits per heavy atom. The molecular weight excluding hydrogens is 162 g/mol. The molecule has 3 heteroatoms. The van der Waals surface area contributed by atoms with Crippen LogP contribution in [-0.4, -0.2) is 54.6 Å². The highest BCUT2D eigenvalue weighted by Crippen LogP contribution is 2.05. The summed E-state index contributed by atoms with van der Waals surface area (Å²) in [6.07, 6.45) is 0. The van der Waals surface area contributed by atoms with Gasteiger partial charge in [-0.1, -0.05) is 6.92 Å². The second-order valence-corrected chi connectivity index (χ2v) is 4.24. The van der Waals surface area contributed by atoms with Crippen molar-refractivity contribution in [2.75, 3.05) is 32.7 Å². The monoisotopic (exact) mass is 185 g/mol. The summed E-state index contributed by atoms with van der Waals surface area (Å²) < 4.78 is 0. The fraction of sp³-hybridized carbons (Fsp3) is 1.00. The van der Waals surface area contributed by atoms with Crippen LogP contribution in [0.3, 0.4) is 0 Å². The van der Waals surface area contributed by atoms with Crippen molar-refractivity contribution in [1.29, 1.82) is 0 Å². The highest BCUT2D eigenvalue weighted by atomic mass is 15.2. The molecule has 2 N–H and O–H groups in total. The molecule has 0 spiro atoms. The van der Waals surface area contributed by atoms with Crippen LogP contribution < -0.4 is 5.73 Å². The first kappa shape index (κ1) is 11.0. The molecule has 0 aliphatic carbocycles. The average Bonchev–Trinajstić information content (AvgIpc) is 2.26. The van der Waals surface area contributed by atoms with Crippen LogP contribution in [0.2, 0.25) is 0 Å². The normalized spacial score (nSPS) is 27.9. The second-order valence-electron chi connectivity index (χ2n) is 4.24. The zero-order valence-corrected chi connectivity index (χ0v) is 9.16. The number of hydrogen-bond donors (Lipinski definition) is 1. The van der Waals surface area contributed by atoms with Gasteiger partial charge < -0.3 is 10.6 Å². The van der Waals surface area contributed by atoms with E-state index < -0.39 is 0 Å². The third-order valence-electron chi connectivity index (χ3n) is 2.84. The number of nitrogens with two attached hydrogens (primary N) is 1. The first-order chi connectivity index (χ1) is 6.13. The molecule has 1 saturated heterocycles. The van der Waals surface area contributed by atoms with Crippen LogP contribution >= 0.6 is 0 Å². The molecule has 0 aromatic rings. The molecule has 1 aliphatic rings. The summed E-state index contributed by atoms with van der Waals surface area (Å²) in [6, 6.07) is 0.952. The lowest BCUT2D eigenvalue weighted by Gasteiger charge is -2.25. The molecule has 0 aromatic heterocycles.